The Labute approximate surface area is 124 Å². The molecule has 1 heterocycles. The number of piperidine rings is 1. The largest absolute Gasteiger partial charge is 0.480 e. The van der Waals surface area contributed by atoms with Crippen LogP contribution in [-0.2, 0) is 14.3 Å². The Bertz CT molecular complexity index is 416. The van der Waals surface area contributed by atoms with E-state index in [1.807, 2.05) is 6.92 Å². The molecule has 21 heavy (non-hydrogen) atoms. The Hall–Kier alpha value is -1.79. The van der Waals surface area contributed by atoms with E-state index in [1.165, 1.54) is 4.90 Å². The number of carboxylic acid groups (broad SMARTS) is 1. The lowest BCUT2D eigenvalue weighted by atomic mass is 9.92. The summed E-state index contributed by atoms with van der Waals surface area (Å²) in [4.78, 5) is 36.1. The molecule has 0 aliphatic carbocycles. The second-order valence-corrected chi connectivity index (χ2v) is 6.43. The van der Waals surface area contributed by atoms with E-state index in [0.717, 1.165) is 6.42 Å². The number of hydrogen-bond donors (Lipinski definition) is 2. The van der Waals surface area contributed by atoms with Gasteiger partial charge in [-0.3, -0.25) is 4.79 Å². The Morgan fingerprint density at radius 2 is 1.95 bits per heavy atom. The minimum absolute atomic E-state index is 0.257. The second-order valence-electron chi connectivity index (χ2n) is 6.43. The normalized spacial score (nSPS) is 22.6. The van der Waals surface area contributed by atoms with Gasteiger partial charge in [-0.05, 0) is 39.5 Å². The summed E-state index contributed by atoms with van der Waals surface area (Å²) in [5.41, 5.74) is -0.642. The predicted molar refractivity (Wildman–Crippen MR) is 75.8 cm³/mol. The summed E-state index contributed by atoms with van der Waals surface area (Å²) in [6.45, 7) is 7.28. The summed E-state index contributed by atoms with van der Waals surface area (Å²) >= 11 is 0. The molecule has 1 fully saturated rings. The highest BCUT2D eigenvalue weighted by atomic mass is 16.6. The van der Waals surface area contributed by atoms with Crippen LogP contribution in [-0.4, -0.2) is 52.7 Å². The average Bonchev–Trinajstić information content (AvgIpc) is 2.33. The first-order chi connectivity index (χ1) is 9.60. The van der Waals surface area contributed by atoms with Crippen LogP contribution in [0.2, 0.25) is 0 Å². The maximum Gasteiger partial charge on any atom is 0.408 e. The predicted octanol–water partition coefficient (Wildman–Crippen LogP) is 1.22. The maximum absolute atomic E-state index is 12.1. The molecule has 0 aromatic rings. The highest BCUT2D eigenvalue weighted by Gasteiger charge is 2.34. The van der Waals surface area contributed by atoms with Gasteiger partial charge < -0.3 is 20.1 Å². The van der Waals surface area contributed by atoms with Crippen molar-refractivity contribution in [2.75, 3.05) is 13.1 Å². The van der Waals surface area contributed by atoms with Crippen LogP contribution in [0.1, 0.15) is 40.5 Å². The standard InChI is InChI=1S/C14H24N2O5/c1-9-5-6-16(10(7-9)12(18)19)11(17)8-15-13(20)21-14(2,3)4/h9-10H,5-8H2,1-4H3,(H,15,20)(H,18,19)/t9?,10-/m0/s1. The second kappa shape index (κ2) is 6.78. The van der Waals surface area contributed by atoms with Gasteiger partial charge in [0.25, 0.3) is 0 Å². The quantitative estimate of drug-likeness (QED) is 0.817. The third-order valence-electron chi connectivity index (χ3n) is 3.25. The average molecular weight is 300 g/mol. The maximum atomic E-state index is 12.1. The van der Waals surface area contributed by atoms with Gasteiger partial charge in [0.1, 0.15) is 18.2 Å². The molecule has 0 saturated carbocycles. The number of alkyl carbamates (subject to hydrolysis) is 1. The number of ether oxygens (including phenoxy) is 1. The van der Waals surface area contributed by atoms with E-state index in [1.54, 1.807) is 20.8 Å². The molecule has 1 saturated heterocycles. The molecule has 1 aliphatic rings. The van der Waals surface area contributed by atoms with Gasteiger partial charge >= 0.3 is 12.1 Å². The number of likely N-dealkylation sites (tertiary alicyclic amines) is 1. The number of carbonyl (C=O) groups is 3. The van der Waals surface area contributed by atoms with Crippen molar-refractivity contribution in [3.05, 3.63) is 0 Å². The number of carboxylic acids is 1. The molecule has 2 atom stereocenters. The minimum atomic E-state index is -1.01. The summed E-state index contributed by atoms with van der Waals surface area (Å²) in [5.74, 6) is -1.14. The smallest absolute Gasteiger partial charge is 0.408 e. The van der Waals surface area contributed by atoms with E-state index in [2.05, 4.69) is 5.32 Å². The van der Waals surface area contributed by atoms with Gasteiger partial charge in [-0.2, -0.15) is 0 Å². The van der Waals surface area contributed by atoms with Crippen LogP contribution in [0.4, 0.5) is 4.79 Å². The van der Waals surface area contributed by atoms with Gasteiger partial charge in [-0.1, -0.05) is 6.92 Å². The third kappa shape index (κ3) is 5.61. The molecule has 1 unspecified atom stereocenters. The third-order valence-corrected chi connectivity index (χ3v) is 3.25. The molecular weight excluding hydrogens is 276 g/mol. The Morgan fingerprint density at radius 1 is 1.33 bits per heavy atom. The number of amides is 2. The minimum Gasteiger partial charge on any atom is -0.480 e. The molecule has 0 aromatic heterocycles. The molecule has 0 aromatic carbocycles. The zero-order valence-corrected chi connectivity index (χ0v) is 13.0. The summed E-state index contributed by atoms with van der Waals surface area (Å²) < 4.78 is 5.03. The van der Waals surface area contributed by atoms with Crippen molar-refractivity contribution in [1.29, 1.82) is 0 Å². The fourth-order valence-corrected chi connectivity index (χ4v) is 2.24. The summed E-state index contributed by atoms with van der Waals surface area (Å²) in [7, 11) is 0. The Balaban J connectivity index is 2.54. The number of nitrogens with zero attached hydrogens (tertiary/aromatic N) is 1. The number of carbonyl (C=O) groups excluding carboxylic acids is 2. The van der Waals surface area contributed by atoms with Crippen molar-refractivity contribution in [3.8, 4) is 0 Å². The van der Waals surface area contributed by atoms with Crippen LogP contribution in [0.15, 0.2) is 0 Å². The lowest BCUT2D eigenvalue weighted by Gasteiger charge is -2.36. The summed E-state index contributed by atoms with van der Waals surface area (Å²) in [5, 5.41) is 11.6. The molecule has 7 heteroatoms. The lowest BCUT2D eigenvalue weighted by molar-refractivity contribution is -0.152. The number of aliphatic carboxylic acids is 1. The first kappa shape index (κ1) is 17.3. The zero-order chi connectivity index (χ0) is 16.2. The van der Waals surface area contributed by atoms with Gasteiger partial charge in [0.2, 0.25) is 5.91 Å². The summed E-state index contributed by atoms with van der Waals surface area (Å²) in [6, 6.07) is -0.818. The zero-order valence-electron chi connectivity index (χ0n) is 13.0. The topological polar surface area (TPSA) is 95.9 Å². The molecule has 2 N–H and O–H groups in total. The van der Waals surface area contributed by atoms with Crippen molar-refractivity contribution in [2.45, 2.75) is 52.2 Å². The molecular formula is C14H24N2O5. The molecule has 7 nitrogen and oxygen atoms in total. The van der Waals surface area contributed by atoms with Crippen LogP contribution in [0.5, 0.6) is 0 Å². The van der Waals surface area contributed by atoms with E-state index in [0.29, 0.717) is 13.0 Å². The van der Waals surface area contributed by atoms with E-state index in [9.17, 15) is 19.5 Å². The number of rotatable bonds is 3. The van der Waals surface area contributed by atoms with Crippen molar-refractivity contribution < 1.29 is 24.2 Å². The van der Waals surface area contributed by atoms with Crippen LogP contribution >= 0.6 is 0 Å². The lowest BCUT2D eigenvalue weighted by Crippen LogP contribution is -2.52. The SMILES string of the molecule is CC1CCN(C(=O)CNC(=O)OC(C)(C)C)[C@H](C(=O)O)C1. The summed E-state index contributed by atoms with van der Waals surface area (Å²) in [6.07, 6.45) is 0.517. The van der Waals surface area contributed by atoms with Crippen LogP contribution in [0, 0.1) is 5.92 Å². The van der Waals surface area contributed by atoms with E-state index >= 15 is 0 Å². The molecule has 2 amide bonds. The fraction of sp³-hybridized carbons (Fsp3) is 0.786. The molecule has 1 rings (SSSR count). The molecule has 0 bridgehead atoms. The van der Waals surface area contributed by atoms with Gasteiger partial charge in [0, 0.05) is 6.54 Å². The van der Waals surface area contributed by atoms with Gasteiger partial charge in [0.05, 0.1) is 0 Å². The molecule has 1 aliphatic heterocycles. The van der Waals surface area contributed by atoms with Crippen LogP contribution < -0.4 is 5.32 Å². The number of nitrogens with one attached hydrogen (secondary N) is 1. The molecule has 120 valence electrons. The van der Waals surface area contributed by atoms with Crippen LogP contribution in [0.3, 0.4) is 0 Å². The highest BCUT2D eigenvalue weighted by Crippen LogP contribution is 2.22. The van der Waals surface area contributed by atoms with Gasteiger partial charge in [0.15, 0.2) is 0 Å². The van der Waals surface area contributed by atoms with E-state index in [4.69, 9.17) is 4.74 Å². The van der Waals surface area contributed by atoms with Crippen molar-refractivity contribution in [3.63, 3.8) is 0 Å². The highest BCUT2D eigenvalue weighted by molar-refractivity contribution is 5.87. The number of hydrogen-bond acceptors (Lipinski definition) is 4. The van der Waals surface area contributed by atoms with Crippen LogP contribution in [0.25, 0.3) is 0 Å². The first-order valence-electron chi connectivity index (χ1n) is 7.09. The first-order valence-corrected chi connectivity index (χ1v) is 7.09. The molecule has 0 spiro atoms. The van der Waals surface area contributed by atoms with Crippen molar-refractivity contribution in [1.82, 2.24) is 10.2 Å². The van der Waals surface area contributed by atoms with E-state index in [-0.39, 0.29) is 12.5 Å². The van der Waals surface area contributed by atoms with Gasteiger partial charge in [-0.15, -0.1) is 0 Å². The fourth-order valence-electron chi connectivity index (χ4n) is 2.24. The monoisotopic (exact) mass is 300 g/mol. The Morgan fingerprint density at radius 3 is 2.48 bits per heavy atom. The molecule has 0 radical (unpaired) electrons. The van der Waals surface area contributed by atoms with E-state index < -0.39 is 29.6 Å². The van der Waals surface area contributed by atoms with Crippen molar-refractivity contribution in [2.24, 2.45) is 5.92 Å². The van der Waals surface area contributed by atoms with Gasteiger partial charge in [-0.25, -0.2) is 9.59 Å². The Kier molecular flexibility index (Phi) is 5.57. The van der Waals surface area contributed by atoms with Crippen molar-refractivity contribution >= 4 is 18.0 Å².